The summed E-state index contributed by atoms with van der Waals surface area (Å²) in [5.41, 5.74) is 0.774. The minimum atomic E-state index is 0.774. The molecule has 0 spiro atoms. The molecule has 2 atom stereocenters. The van der Waals surface area contributed by atoms with E-state index in [1.807, 2.05) is 0 Å². The second kappa shape index (κ2) is 2.80. The highest BCUT2D eigenvalue weighted by atomic mass is 14.4. The summed E-state index contributed by atoms with van der Waals surface area (Å²) in [6.45, 7) is 2.54. The number of hydrogen-bond acceptors (Lipinski definition) is 0. The minimum absolute atomic E-state index is 0.774. The van der Waals surface area contributed by atoms with Crippen molar-refractivity contribution in [3.63, 3.8) is 0 Å². The van der Waals surface area contributed by atoms with Gasteiger partial charge in [-0.3, -0.25) is 0 Å². The summed E-state index contributed by atoms with van der Waals surface area (Å²) in [5, 5.41) is 0. The quantitative estimate of drug-likeness (QED) is 0.496. The van der Waals surface area contributed by atoms with Gasteiger partial charge in [-0.05, 0) is 37.0 Å². The minimum Gasteiger partial charge on any atom is -0.0594 e. The molecule has 0 nitrogen and oxygen atoms in total. The molecule has 0 bridgehead atoms. The zero-order valence-corrected chi connectivity index (χ0v) is 7.73. The molecule has 11 heavy (non-hydrogen) atoms. The molecule has 2 unspecified atom stereocenters. The van der Waals surface area contributed by atoms with Crippen molar-refractivity contribution in [2.75, 3.05) is 0 Å². The zero-order valence-electron chi connectivity index (χ0n) is 7.73. The van der Waals surface area contributed by atoms with E-state index in [-0.39, 0.29) is 0 Å². The van der Waals surface area contributed by atoms with Crippen LogP contribution in [0.25, 0.3) is 0 Å². The van der Waals surface area contributed by atoms with Crippen molar-refractivity contribution >= 4 is 0 Å². The number of hydrogen-bond donors (Lipinski definition) is 0. The molecular formula is C11H20. The fraction of sp³-hybridized carbons (Fsp3) is 1.00. The highest BCUT2D eigenvalue weighted by Crippen LogP contribution is 2.50. The first-order valence-electron chi connectivity index (χ1n) is 5.31. The third-order valence-electron chi connectivity index (χ3n) is 4.09. The van der Waals surface area contributed by atoms with Gasteiger partial charge in [0.2, 0.25) is 0 Å². The second-order valence-electron chi connectivity index (χ2n) is 4.84. The second-order valence-corrected chi connectivity index (χ2v) is 4.84. The molecule has 2 fully saturated rings. The normalized spacial score (nSPS) is 45.0. The molecule has 0 aliphatic heterocycles. The van der Waals surface area contributed by atoms with Crippen LogP contribution in [0.1, 0.15) is 58.3 Å². The van der Waals surface area contributed by atoms with Gasteiger partial charge in [-0.1, -0.05) is 32.6 Å². The molecule has 0 radical (unpaired) electrons. The molecular weight excluding hydrogens is 132 g/mol. The highest BCUT2D eigenvalue weighted by molar-refractivity contribution is 4.89. The van der Waals surface area contributed by atoms with Crippen LogP contribution in [0.4, 0.5) is 0 Å². The Morgan fingerprint density at radius 2 is 1.64 bits per heavy atom. The lowest BCUT2D eigenvalue weighted by molar-refractivity contribution is 0.212. The van der Waals surface area contributed by atoms with Gasteiger partial charge in [0.15, 0.2) is 0 Å². The van der Waals surface area contributed by atoms with Crippen molar-refractivity contribution < 1.29 is 0 Å². The zero-order chi connectivity index (χ0) is 7.73. The predicted octanol–water partition coefficient (Wildman–Crippen LogP) is 3.76. The first-order chi connectivity index (χ1) is 5.31. The van der Waals surface area contributed by atoms with Crippen molar-refractivity contribution in [3.05, 3.63) is 0 Å². The topological polar surface area (TPSA) is 0 Å². The summed E-state index contributed by atoms with van der Waals surface area (Å²) in [7, 11) is 0. The first kappa shape index (κ1) is 7.64. The van der Waals surface area contributed by atoms with Crippen LogP contribution in [0.2, 0.25) is 0 Å². The van der Waals surface area contributed by atoms with Crippen LogP contribution in [0, 0.1) is 11.3 Å². The smallest absolute Gasteiger partial charge is 0.0298 e. The van der Waals surface area contributed by atoms with E-state index < -0.39 is 0 Å². The molecule has 0 heterocycles. The molecule has 2 saturated carbocycles. The van der Waals surface area contributed by atoms with E-state index in [0.717, 1.165) is 11.3 Å². The Kier molecular flexibility index (Phi) is 1.95. The van der Waals surface area contributed by atoms with E-state index in [9.17, 15) is 0 Å². The van der Waals surface area contributed by atoms with Gasteiger partial charge in [-0.2, -0.15) is 0 Å². The Labute approximate surface area is 70.4 Å². The Balaban J connectivity index is 2.09. The van der Waals surface area contributed by atoms with Crippen molar-refractivity contribution in [2.24, 2.45) is 11.3 Å². The summed E-state index contributed by atoms with van der Waals surface area (Å²) in [5.74, 6) is 1.10. The van der Waals surface area contributed by atoms with Crippen LogP contribution in [0.15, 0.2) is 0 Å². The van der Waals surface area contributed by atoms with Crippen LogP contribution in [-0.4, -0.2) is 0 Å². The first-order valence-corrected chi connectivity index (χ1v) is 5.31. The molecule has 0 saturated heterocycles. The molecule has 0 N–H and O–H groups in total. The van der Waals surface area contributed by atoms with Crippen LogP contribution >= 0.6 is 0 Å². The molecule has 2 rings (SSSR count). The lowest BCUT2D eigenvalue weighted by atomic mass is 9.76. The molecule has 0 aromatic carbocycles. The van der Waals surface area contributed by atoms with E-state index in [2.05, 4.69) is 6.92 Å². The average Bonchev–Trinajstić information content (AvgIpc) is 2.24. The molecule has 0 aromatic rings. The summed E-state index contributed by atoms with van der Waals surface area (Å²) >= 11 is 0. The van der Waals surface area contributed by atoms with Gasteiger partial charge >= 0.3 is 0 Å². The van der Waals surface area contributed by atoms with Gasteiger partial charge in [0.05, 0.1) is 0 Å². The Morgan fingerprint density at radius 3 is 2.55 bits per heavy atom. The van der Waals surface area contributed by atoms with Crippen LogP contribution in [-0.2, 0) is 0 Å². The fourth-order valence-electron chi connectivity index (χ4n) is 3.22. The Hall–Kier alpha value is 0. The van der Waals surface area contributed by atoms with Gasteiger partial charge in [-0.15, -0.1) is 0 Å². The Morgan fingerprint density at radius 1 is 0.909 bits per heavy atom. The third-order valence-corrected chi connectivity index (χ3v) is 4.09. The van der Waals surface area contributed by atoms with Gasteiger partial charge < -0.3 is 0 Å². The summed E-state index contributed by atoms with van der Waals surface area (Å²) in [4.78, 5) is 0. The maximum absolute atomic E-state index is 2.54. The number of fused-ring (bicyclic) bond motifs is 1. The molecule has 2 aliphatic rings. The van der Waals surface area contributed by atoms with Crippen molar-refractivity contribution in [3.8, 4) is 0 Å². The van der Waals surface area contributed by atoms with E-state index >= 15 is 0 Å². The van der Waals surface area contributed by atoms with E-state index in [1.165, 1.54) is 51.4 Å². The fourth-order valence-corrected chi connectivity index (χ4v) is 3.22. The van der Waals surface area contributed by atoms with Crippen LogP contribution in [0.3, 0.4) is 0 Å². The van der Waals surface area contributed by atoms with Gasteiger partial charge in [-0.25, -0.2) is 0 Å². The molecule has 0 aromatic heterocycles. The lowest BCUT2D eigenvalue weighted by Crippen LogP contribution is -2.19. The van der Waals surface area contributed by atoms with Gasteiger partial charge in [0, 0.05) is 0 Å². The van der Waals surface area contributed by atoms with Crippen LogP contribution < -0.4 is 0 Å². The number of rotatable bonds is 0. The predicted molar refractivity (Wildman–Crippen MR) is 48.5 cm³/mol. The maximum Gasteiger partial charge on any atom is -0.0298 e. The van der Waals surface area contributed by atoms with Crippen LogP contribution in [0.5, 0.6) is 0 Å². The van der Waals surface area contributed by atoms with E-state index in [1.54, 1.807) is 0 Å². The monoisotopic (exact) mass is 152 g/mol. The summed E-state index contributed by atoms with van der Waals surface area (Å²) in [6.07, 6.45) is 12.2. The van der Waals surface area contributed by atoms with Crippen molar-refractivity contribution in [1.82, 2.24) is 0 Å². The Bertz CT molecular complexity index is 139. The SMILES string of the molecule is CC12CCCCCC1CCC2. The standard InChI is InChI=1S/C11H20/c1-11-8-4-2-3-6-10(11)7-5-9-11/h10H,2-9H2,1H3. The largest absolute Gasteiger partial charge is 0.0594 e. The van der Waals surface area contributed by atoms with E-state index in [0.29, 0.717) is 0 Å². The van der Waals surface area contributed by atoms with Crippen molar-refractivity contribution in [2.45, 2.75) is 58.3 Å². The maximum atomic E-state index is 2.54. The highest BCUT2D eigenvalue weighted by Gasteiger charge is 2.38. The average molecular weight is 152 g/mol. The molecule has 0 amide bonds. The third kappa shape index (κ3) is 1.32. The van der Waals surface area contributed by atoms with E-state index in [4.69, 9.17) is 0 Å². The van der Waals surface area contributed by atoms with Crippen molar-refractivity contribution in [1.29, 1.82) is 0 Å². The molecule has 2 aliphatic carbocycles. The van der Waals surface area contributed by atoms with Gasteiger partial charge in [0.25, 0.3) is 0 Å². The summed E-state index contributed by atoms with van der Waals surface area (Å²) in [6, 6.07) is 0. The van der Waals surface area contributed by atoms with Gasteiger partial charge in [0.1, 0.15) is 0 Å². The molecule has 0 heteroatoms. The molecule has 64 valence electrons. The summed E-state index contributed by atoms with van der Waals surface area (Å²) < 4.78 is 0. The lowest BCUT2D eigenvalue weighted by Gasteiger charge is -2.29.